The van der Waals surface area contributed by atoms with Gasteiger partial charge in [0.1, 0.15) is 12.5 Å². The van der Waals surface area contributed by atoms with E-state index in [2.05, 4.69) is 20.1 Å². The lowest BCUT2D eigenvalue weighted by atomic mass is 9.98. The molecule has 0 radical (unpaired) electrons. The van der Waals surface area contributed by atoms with Crippen LogP contribution in [0.25, 0.3) is 0 Å². The van der Waals surface area contributed by atoms with Crippen molar-refractivity contribution in [2.24, 2.45) is 10.3 Å². The van der Waals surface area contributed by atoms with Gasteiger partial charge in [-0.1, -0.05) is 0 Å². The van der Waals surface area contributed by atoms with E-state index in [0.717, 1.165) is 24.0 Å². The third kappa shape index (κ3) is 4.23. The molecule has 2 amide bonds. The summed E-state index contributed by atoms with van der Waals surface area (Å²) in [4.78, 5) is 12.9. The third-order valence-corrected chi connectivity index (χ3v) is 7.49. The van der Waals surface area contributed by atoms with Crippen LogP contribution in [0.4, 0.5) is 19.3 Å². The highest BCUT2D eigenvalue weighted by molar-refractivity contribution is 7.75. The van der Waals surface area contributed by atoms with Crippen molar-refractivity contribution < 1.29 is 22.5 Å². The minimum absolute atomic E-state index is 0.105. The van der Waals surface area contributed by atoms with Crippen molar-refractivity contribution in [3.05, 3.63) is 34.3 Å². The summed E-state index contributed by atoms with van der Waals surface area (Å²) in [6.45, 7) is 1.34. The van der Waals surface area contributed by atoms with E-state index >= 15 is 0 Å². The number of anilines is 1. The van der Waals surface area contributed by atoms with Gasteiger partial charge in [-0.05, 0) is 65.7 Å². The lowest BCUT2D eigenvalue weighted by Gasteiger charge is -2.25. The fraction of sp³-hybridized carbons (Fsp3) is 0.545. The largest absolute Gasteiger partial charge is 0.478 e. The number of aromatic nitrogens is 2. The van der Waals surface area contributed by atoms with Gasteiger partial charge in [-0.15, -0.1) is 10.6 Å². The maximum Gasteiger partial charge on any atom is 0.322 e. The molecule has 1 unspecified atom stereocenters. The second kappa shape index (κ2) is 9.38. The van der Waals surface area contributed by atoms with Gasteiger partial charge in [0.05, 0.1) is 13.2 Å². The lowest BCUT2D eigenvalue weighted by Crippen LogP contribution is -2.35. The van der Waals surface area contributed by atoms with Crippen LogP contribution in [-0.4, -0.2) is 42.2 Å². The summed E-state index contributed by atoms with van der Waals surface area (Å²) in [5.74, 6) is 0.318. The molecule has 11 heteroatoms. The average molecular weight is 479 g/mol. The van der Waals surface area contributed by atoms with Gasteiger partial charge >= 0.3 is 6.03 Å². The molecule has 2 aromatic rings. The standard InChI is InChI=1S/C22H26F2N5O3S/c23-7-8-25-9-13-11-29-21(32-12-13)18(10-26-29)33(31)28-22(30)27-20-16-5-1-3-14(16)19(24)15-4-2-6-17(15)20/h10,13,25H,1-9,11-12H2,(H,27,30)/q-1. The maximum absolute atomic E-state index is 14.8. The first kappa shape index (κ1) is 22.3. The Bertz CT molecular complexity index is 1140. The van der Waals surface area contributed by atoms with Crippen molar-refractivity contribution in [1.29, 1.82) is 0 Å². The van der Waals surface area contributed by atoms with Crippen LogP contribution in [0.1, 0.15) is 35.1 Å². The van der Waals surface area contributed by atoms with E-state index in [4.69, 9.17) is 4.74 Å². The Labute approximate surface area is 192 Å². The van der Waals surface area contributed by atoms with Crippen LogP contribution in [0.15, 0.2) is 15.5 Å². The molecule has 1 aromatic heterocycles. The van der Waals surface area contributed by atoms with E-state index in [-0.39, 0.29) is 23.2 Å². The molecule has 178 valence electrons. The monoisotopic (exact) mass is 478 g/mol. The van der Waals surface area contributed by atoms with Crippen LogP contribution in [0, 0.1) is 11.7 Å². The number of urea groups is 1. The number of amides is 2. The number of benzene rings is 1. The predicted molar refractivity (Wildman–Crippen MR) is 118 cm³/mol. The molecule has 2 N–H and O–H groups in total. The first-order valence-electron chi connectivity index (χ1n) is 11.3. The summed E-state index contributed by atoms with van der Waals surface area (Å²) < 4.78 is 51.1. The number of hydrogen-bond donors (Lipinski definition) is 2. The Morgan fingerprint density at radius 3 is 2.61 bits per heavy atom. The third-order valence-electron chi connectivity index (χ3n) is 6.51. The Hall–Kier alpha value is -2.53. The summed E-state index contributed by atoms with van der Waals surface area (Å²) in [5, 5.41) is 10.0. The van der Waals surface area contributed by atoms with Crippen LogP contribution < -0.4 is 15.4 Å². The van der Waals surface area contributed by atoms with E-state index in [1.54, 1.807) is 4.68 Å². The Morgan fingerprint density at radius 1 is 1.21 bits per heavy atom. The van der Waals surface area contributed by atoms with Crippen molar-refractivity contribution in [1.82, 2.24) is 15.1 Å². The first-order chi connectivity index (χ1) is 16.1. The number of nitrogens with zero attached hydrogens (tertiary/aromatic N) is 3. The molecule has 0 saturated heterocycles. The zero-order valence-electron chi connectivity index (χ0n) is 18.2. The minimum atomic E-state index is -2.00. The fourth-order valence-electron chi connectivity index (χ4n) is 5.04. The number of carbonyl (C=O) groups excluding carboxylic acids is 1. The van der Waals surface area contributed by atoms with Crippen LogP contribution >= 0.6 is 0 Å². The van der Waals surface area contributed by atoms with Crippen molar-refractivity contribution in [2.75, 3.05) is 31.7 Å². The quantitative estimate of drug-likeness (QED) is 0.491. The molecular formula is C22H26F2N5O3S-. The summed E-state index contributed by atoms with van der Waals surface area (Å²) >= 11 is 0. The van der Waals surface area contributed by atoms with Crippen molar-refractivity contribution in [2.45, 2.75) is 50.0 Å². The lowest BCUT2D eigenvalue weighted by molar-refractivity contribution is 0.157. The number of fused-ring (bicyclic) bond motifs is 3. The second-order valence-corrected chi connectivity index (χ2v) is 9.77. The van der Waals surface area contributed by atoms with Crippen molar-refractivity contribution in [3.8, 4) is 5.88 Å². The molecule has 8 nitrogen and oxygen atoms in total. The molecule has 33 heavy (non-hydrogen) atoms. The van der Waals surface area contributed by atoms with Gasteiger partial charge in [0.2, 0.25) is 0 Å². The normalized spacial score (nSPS) is 19.6. The smallest absolute Gasteiger partial charge is 0.322 e. The second-order valence-electron chi connectivity index (χ2n) is 8.65. The highest BCUT2D eigenvalue weighted by Gasteiger charge is 2.29. The zero-order valence-corrected chi connectivity index (χ0v) is 19.0. The number of carbonyl (C=O) groups is 1. The van der Waals surface area contributed by atoms with Gasteiger partial charge in [-0.3, -0.25) is 0 Å². The van der Waals surface area contributed by atoms with E-state index in [1.807, 2.05) is 0 Å². The SMILES string of the molecule is O=C(N=[S-](=O)c1cnn2c1OCC(CNCCF)C2)Nc1c2c(c(F)c3c1CCC3)CCC2. The number of rotatable bonds is 6. The van der Waals surface area contributed by atoms with Gasteiger partial charge in [0.15, 0.2) is 5.88 Å². The summed E-state index contributed by atoms with van der Waals surface area (Å²) in [7, 11) is -2.00. The Kier molecular flexibility index (Phi) is 6.33. The topological polar surface area (TPSA) is 97.6 Å². The highest BCUT2D eigenvalue weighted by atomic mass is 32.2. The maximum atomic E-state index is 14.8. The zero-order chi connectivity index (χ0) is 22.9. The molecule has 3 aliphatic rings. The predicted octanol–water partition coefficient (Wildman–Crippen LogP) is 3.31. The molecule has 0 spiro atoms. The summed E-state index contributed by atoms with van der Waals surface area (Å²) in [6.07, 6.45) is 5.87. The first-order valence-corrected chi connectivity index (χ1v) is 12.4. The molecule has 1 aromatic carbocycles. The number of hydrogen-bond acceptors (Lipinski definition) is 6. The van der Waals surface area contributed by atoms with E-state index in [0.29, 0.717) is 68.1 Å². The molecule has 2 aliphatic carbocycles. The summed E-state index contributed by atoms with van der Waals surface area (Å²) in [6, 6.07) is -0.729. The van der Waals surface area contributed by atoms with Crippen LogP contribution in [-0.2, 0) is 47.0 Å². The van der Waals surface area contributed by atoms with Gasteiger partial charge in [0.25, 0.3) is 0 Å². The van der Waals surface area contributed by atoms with E-state index in [9.17, 15) is 17.8 Å². The number of nitrogens with one attached hydrogen (secondary N) is 2. The van der Waals surface area contributed by atoms with Crippen LogP contribution in [0.2, 0.25) is 0 Å². The molecular weight excluding hydrogens is 452 g/mol. The molecule has 2 heterocycles. The van der Waals surface area contributed by atoms with Crippen LogP contribution in [0.3, 0.4) is 0 Å². The van der Waals surface area contributed by atoms with E-state index < -0.39 is 23.3 Å². The number of halogens is 2. The minimum Gasteiger partial charge on any atom is -0.478 e. The van der Waals surface area contributed by atoms with Crippen molar-refractivity contribution in [3.63, 3.8) is 0 Å². The molecule has 1 atom stereocenters. The molecule has 0 saturated carbocycles. The molecule has 0 fully saturated rings. The fourth-order valence-corrected chi connectivity index (χ4v) is 5.78. The number of ether oxygens (including phenoxy) is 1. The van der Waals surface area contributed by atoms with Gasteiger partial charge in [-0.25, -0.2) is 18.3 Å². The molecule has 0 bridgehead atoms. The Morgan fingerprint density at radius 2 is 1.91 bits per heavy atom. The highest BCUT2D eigenvalue weighted by Crippen LogP contribution is 2.41. The molecule has 5 rings (SSSR count). The summed E-state index contributed by atoms with van der Waals surface area (Å²) in [5.41, 5.74) is 3.74. The van der Waals surface area contributed by atoms with Gasteiger partial charge in [-0.2, -0.15) is 5.10 Å². The van der Waals surface area contributed by atoms with Crippen LogP contribution in [0.5, 0.6) is 5.88 Å². The van der Waals surface area contributed by atoms with Crippen molar-refractivity contribution >= 4 is 22.3 Å². The van der Waals surface area contributed by atoms with Gasteiger partial charge < -0.3 is 23.9 Å². The Balaban J connectivity index is 1.33. The number of alkyl halides is 1. The van der Waals surface area contributed by atoms with E-state index in [1.165, 1.54) is 6.20 Å². The van der Waals surface area contributed by atoms with Gasteiger partial charge in [0, 0.05) is 30.9 Å². The average Bonchev–Trinajstić information content (AvgIpc) is 3.56. The molecule has 1 aliphatic heterocycles.